The lowest BCUT2D eigenvalue weighted by atomic mass is 10.1. The summed E-state index contributed by atoms with van der Waals surface area (Å²) in [5, 5.41) is 4.14. The average Bonchev–Trinajstić information content (AvgIpc) is 2.87. The summed E-state index contributed by atoms with van der Waals surface area (Å²) in [6.45, 7) is 3.57. The summed E-state index contributed by atoms with van der Waals surface area (Å²) in [6.07, 6.45) is 4.25. The molecule has 1 fully saturated rings. The van der Waals surface area contributed by atoms with Crippen LogP contribution in [0.2, 0.25) is 0 Å². The molecule has 0 saturated carbocycles. The number of carbonyl (C=O) groups excluding carboxylic acids is 1. The zero-order chi connectivity index (χ0) is 10.7. The van der Waals surface area contributed by atoms with Crippen LogP contribution in [0.15, 0.2) is 12.3 Å². The lowest BCUT2D eigenvalue weighted by Gasteiger charge is -2.09. The Balaban J connectivity index is 2.13. The Labute approximate surface area is 89.2 Å². The topological polar surface area (TPSA) is 44.1 Å². The molecule has 0 spiro atoms. The highest BCUT2D eigenvalue weighted by Gasteiger charge is 2.26. The van der Waals surface area contributed by atoms with Crippen molar-refractivity contribution in [3.05, 3.63) is 18.0 Å². The fourth-order valence-electron chi connectivity index (χ4n) is 1.88. The van der Waals surface area contributed by atoms with Gasteiger partial charge in [-0.25, -0.2) is 0 Å². The number of ketones is 1. The van der Waals surface area contributed by atoms with Gasteiger partial charge in [0.1, 0.15) is 11.8 Å². The smallest absolute Gasteiger partial charge is 0.209 e. The average molecular weight is 208 g/mol. The Kier molecular flexibility index (Phi) is 3.16. The molecule has 2 rings (SSSR count). The van der Waals surface area contributed by atoms with Crippen molar-refractivity contribution >= 4 is 5.78 Å². The number of ether oxygens (including phenoxy) is 1. The second-order valence-electron chi connectivity index (χ2n) is 3.81. The number of nitrogens with zero attached hydrogens (tertiary/aromatic N) is 2. The van der Waals surface area contributed by atoms with Crippen molar-refractivity contribution in [2.24, 2.45) is 0 Å². The fraction of sp³-hybridized carbons (Fsp3) is 0.636. The van der Waals surface area contributed by atoms with Crippen LogP contribution < -0.4 is 0 Å². The first-order chi connectivity index (χ1) is 7.33. The van der Waals surface area contributed by atoms with Gasteiger partial charge in [0, 0.05) is 19.3 Å². The largest absolute Gasteiger partial charge is 0.370 e. The highest BCUT2D eigenvalue weighted by molar-refractivity contribution is 5.98. The first-order valence-corrected chi connectivity index (χ1v) is 5.50. The third-order valence-corrected chi connectivity index (χ3v) is 2.63. The van der Waals surface area contributed by atoms with Crippen LogP contribution in [-0.4, -0.2) is 28.3 Å². The summed E-state index contributed by atoms with van der Waals surface area (Å²) in [4.78, 5) is 12.0. The first kappa shape index (κ1) is 10.4. The second-order valence-corrected chi connectivity index (χ2v) is 3.81. The Morgan fingerprint density at radius 1 is 1.73 bits per heavy atom. The van der Waals surface area contributed by atoms with E-state index in [0.29, 0.717) is 12.3 Å². The Bertz CT molecular complexity index is 340. The van der Waals surface area contributed by atoms with E-state index in [9.17, 15) is 4.79 Å². The molecule has 0 aliphatic carbocycles. The monoisotopic (exact) mass is 208 g/mol. The zero-order valence-electron chi connectivity index (χ0n) is 8.98. The van der Waals surface area contributed by atoms with E-state index in [1.54, 1.807) is 16.9 Å². The van der Waals surface area contributed by atoms with E-state index >= 15 is 0 Å². The van der Waals surface area contributed by atoms with Crippen molar-refractivity contribution in [1.29, 1.82) is 0 Å². The molecule has 15 heavy (non-hydrogen) atoms. The number of Topliss-reactive ketones (excluding diaryl/α,β-unsaturated/α-hetero) is 1. The fourth-order valence-corrected chi connectivity index (χ4v) is 1.88. The summed E-state index contributed by atoms with van der Waals surface area (Å²) >= 11 is 0. The molecule has 0 radical (unpaired) electrons. The lowest BCUT2D eigenvalue weighted by molar-refractivity contribution is 0.0632. The molecule has 1 aliphatic heterocycles. The maximum Gasteiger partial charge on any atom is 0.209 e. The predicted octanol–water partition coefficient (Wildman–Crippen LogP) is 1.65. The molecule has 1 saturated heterocycles. The van der Waals surface area contributed by atoms with Gasteiger partial charge >= 0.3 is 0 Å². The van der Waals surface area contributed by atoms with E-state index in [4.69, 9.17) is 4.74 Å². The van der Waals surface area contributed by atoms with E-state index in [-0.39, 0.29) is 11.9 Å². The van der Waals surface area contributed by atoms with Crippen molar-refractivity contribution in [2.75, 3.05) is 6.61 Å². The van der Waals surface area contributed by atoms with Crippen molar-refractivity contribution in [2.45, 2.75) is 38.8 Å². The van der Waals surface area contributed by atoms with Crippen LogP contribution in [-0.2, 0) is 11.3 Å². The molecule has 1 atom stereocenters. The van der Waals surface area contributed by atoms with Crippen molar-refractivity contribution in [3.63, 3.8) is 0 Å². The van der Waals surface area contributed by atoms with Crippen LogP contribution in [0.3, 0.4) is 0 Å². The maximum atomic E-state index is 12.0. The van der Waals surface area contributed by atoms with Gasteiger partial charge in [0.25, 0.3) is 0 Å². The van der Waals surface area contributed by atoms with Crippen LogP contribution in [0.4, 0.5) is 0 Å². The Morgan fingerprint density at radius 2 is 2.60 bits per heavy atom. The molecule has 2 heterocycles. The zero-order valence-corrected chi connectivity index (χ0v) is 8.98. The third kappa shape index (κ3) is 2.09. The van der Waals surface area contributed by atoms with Crippen molar-refractivity contribution in [3.8, 4) is 0 Å². The number of hydrogen-bond donors (Lipinski definition) is 0. The third-order valence-electron chi connectivity index (χ3n) is 2.63. The van der Waals surface area contributed by atoms with Crippen LogP contribution in [0.25, 0.3) is 0 Å². The SMILES string of the molecule is CCCn1nccc1C(=O)C1CCCO1. The minimum Gasteiger partial charge on any atom is -0.370 e. The van der Waals surface area contributed by atoms with Crippen molar-refractivity contribution < 1.29 is 9.53 Å². The number of carbonyl (C=O) groups is 1. The molecular weight excluding hydrogens is 192 g/mol. The highest BCUT2D eigenvalue weighted by atomic mass is 16.5. The molecule has 82 valence electrons. The highest BCUT2D eigenvalue weighted by Crippen LogP contribution is 2.17. The molecular formula is C11H16N2O2. The van der Waals surface area contributed by atoms with Crippen LogP contribution in [0.1, 0.15) is 36.7 Å². The summed E-state index contributed by atoms with van der Waals surface area (Å²) in [6, 6.07) is 1.78. The molecule has 1 aromatic rings. The number of aromatic nitrogens is 2. The van der Waals surface area contributed by atoms with E-state index in [1.807, 2.05) is 0 Å². The molecule has 1 aliphatic rings. The molecule has 0 amide bonds. The van der Waals surface area contributed by atoms with Crippen molar-refractivity contribution in [1.82, 2.24) is 9.78 Å². The molecule has 1 unspecified atom stereocenters. The molecule has 4 nitrogen and oxygen atoms in total. The van der Waals surface area contributed by atoms with Gasteiger partial charge in [-0.05, 0) is 25.3 Å². The normalized spacial score (nSPS) is 20.7. The van der Waals surface area contributed by atoms with E-state index < -0.39 is 0 Å². The first-order valence-electron chi connectivity index (χ1n) is 5.50. The van der Waals surface area contributed by atoms with E-state index in [0.717, 1.165) is 25.8 Å². The van der Waals surface area contributed by atoms with E-state index in [2.05, 4.69) is 12.0 Å². The summed E-state index contributed by atoms with van der Waals surface area (Å²) in [5.41, 5.74) is 0.684. The number of rotatable bonds is 4. The van der Waals surface area contributed by atoms with Gasteiger partial charge in [0.2, 0.25) is 5.78 Å². The predicted molar refractivity (Wildman–Crippen MR) is 55.8 cm³/mol. The quantitative estimate of drug-likeness (QED) is 0.707. The summed E-state index contributed by atoms with van der Waals surface area (Å²) < 4.78 is 7.15. The van der Waals surface area contributed by atoms with Crippen LogP contribution >= 0.6 is 0 Å². The van der Waals surface area contributed by atoms with Gasteiger partial charge in [-0.15, -0.1) is 0 Å². The lowest BCUT2D eigenvalue weighted by Crippen LogP contribution is -2.23. The minimum atomic E-state index is -0.239. The molecule has 0 bridgehead atoms. The standard InChI is InChI=1S/C11H16N2O2/c1-2-7-13-9(5-6-12-13)11(14)10-4-3-8-15-10/h5-6,10H,2-4,7-8H2,1H3. The van der Waals surface area contributed by atoms with Gasteiger partial charge in [-0.3, -0.25) is 9.48 Å². The Morgan fingerprint density at radius 3 is 3.27 bits per heavy atom. The number of hydrogen-bond acceptors (Lipinski definition) is 3. The van der Waals surface area contributed by atoms with Gasteiger partial charge < -0.3 is 4.74 Å². The summed E-state index contributed by atoms with van der Waals surface area (Å²) in [5.74, 6) is 0.0819. The molecule has 4 heteroatoms. The number of aryl methyl sites for hydroxylation is 1. The maximum absolute atomic E-state index is 12.0. The molecule has 0 N–H and O–H groups in total. The Hall–Kier alpha value is -1.16. The second kappa shape index (κ2) is 4.57. The van der Waals surface area contributed by atoms with Gasteiger partial charge in [-0.1, -0.05) is 6.92 Å². The van der Waals surface area contributed by atoms with Gasteiger partial charge in [0.05, 0.1) is 0 Å². The van der Waals surface area contributed by atoms with Gasteiger partial charge in [-0.2, -0.15) is 5.10 Å². The summed E-state index contributed by atoms with van der Waals surface area (Å²) in [7, 11) is 0. The van der Waals surface area contributed by atoms with E-state index in [1.165, 1.54) is 0 Å². The van der Waals surface area contributed by atoms with Crippen LogP contribution in [0, 0.1) is 0 Å². The molecule has 0 aromatic carbocycles. The minimum absolute atomic E-state index is 0.0819. The molecule has 1 aromatic heterocycles. The van der Waals surface area contributed by atoms with Gasteiger partial charge in [0.15, 0.2) is 0 Å². The van der Waals surface area contributed by atoms with Crippen LogP contribution in [0.5, 0.6) is 0 Å².